The summed E-state index contributed by atoms with van der Waals surface area (Å²) in [5.74, 6) is 0.115. The first-order valence-corrected chi connectivity index (χ1v) is 6.32. The van der Waals surface area contributed by atoms with Crippen LogP contribution in [0.3, 0.4) is 0 Å². The van der Waals surface area contributed by atoms with Gasteiger partial charge in [0.1, 0.15) is 5.75 Å². The highest BCUT2D eigenvalue weighted by molar-refractivity contribution is 6.31. The molecule has 0 aliphatic carbocycles. The third-order valence-electron chi connectivity index (χ3n) is 2.97. The Morgan fingerprint density at radius 2 is 2.10 bits per heavy atom. The maximum Gasteiger partial charge on any atom is 0.269 e. The minimum atomic E-state index is -0.434. The Hall–Kier alpha value is -2.27. The summed E-state index contributed by atoms with van der Waals surface area (Å²) in [7, 11) is 0. The summed E-state index contributed by atoms with van der Waals surface area (Å²) in [5, 5.41) is 24.0. The summed E-state index contributed by atoms with van der Waals surface area (Å²) >= 11 is 6.01. The van der Waals surface area contributed by atoms with Gasteiger partial charge in [-0.05, 0) is 30.7 Å². The molecule has 6 heteroatoms. The lowest BCUT2D eigenvalue weighted by Crippen LogP contribution is -2.02. The molecule has 0 radical (unpaired) electrons. The molecule has 0 spiro atoms. The molecule has 2 aromatic carbocycles. The number of phenolic OH excluding ortho intramolecular Hbond substituents is 1. The number of hydrogen-bond acceptors (Lipinski definition) is 4. The predicted molar refractivity (Wildman–Crippen MR) is 78.3 cm³/mol. The van der Waals surface area contributed by atoms with Crippen molar-refractivity contribution in [3.05, 3.63) is 62.7 Å². The maximum absolute atomic E-state index is 10.7. The molecule has 104 valence electrons. The lowest BCUT2D eigenvalue weighted by Gasteiger charge is -2.11. The predicted octanol–water partition coefficient (Wildman–Crippen LogP) is 3.87. The number of nitro benzene ring substituents is 1. The fraction of sp³-hybridized carbons (Fsp3) is 0.143. The van der Waals surface area contributed by atoms with Crippen LogP contribution in [0.2, 0.25) is 5.02 Å². The van der Waals surface area contributed by atoms with Crippen LogP contribution in [0.5, 0.6) is 5.75 Å². The number of benzene rings is 2. The molecule has 0 atom stereocenters. The van der Waals surface area contributed by atoms with E-state index in [9.17, 15) is 15.2 Å². The summed E-state index contributed by atoms with van der Waals surface area (Å²) in [5.41, 5.74) is 2.15. The molecule has 0 saturated carbocycles. The van der Waals surface area contributed by atoms with E-state index in [0.717, 1.165) is 11.3 Å². The Morgan fingerprint density at radius 3 is 2.70 bits per heavy atom. The minimum Gasteiger partial charge on any atom is -0.508 e. The third kappa shape index (κ3) is 3.00. The molecule has 2 rings (SSSR count). The summed E-state index contributed by atoms with van der Waals surface area (Å²) in [4.78, 5) is 10.2. The van der Waals surface area contributed by atoms with E-state index in [1.54, 1.807) is 31.2 Å². The van der Waals surface area contributed by atoms with Crippen LogP contribution >= 0.6 is 11.6 Å². The van der Waals surface area contributed by atoms with E-state index in [1.165, 1.54) is 12.1 Å². The largest absolute Gasteiger partial charge is 0.508 e. The Kier molecular flexibility index (Phi) is 4.10. The van der Waals surface area contributed by atoms with Crippen molar-refractivity contribution in [2.45, 2.75) is 13.5 Å². The van der Waals surface area contributed by atoms with Crippen molar-refractivity contribution in [1.82, 2.24) is 0 Å². The molecule has 20 heavy (non-hydrogen) atoms. The zero-order chi connectivity index (χ0) is 14.7. The molecule has 2 N–H and O–H groups in total. The van der Waals surface area contributed by atoms with E-state index in [-0.39, 0.29) is 11.4 Å². The van der Waals surface area contributed by atoms with Crippen LogP contribution < -0.4 is 5.32 Å². The van der Waals surface area contributed by atoms with E-state index < -0.39 is 4.92 Å². The Bertz CT molecular complexity index is 639. The Morgan fingerprint density at radius 1 is 1.35 bits per heavy atom. The molecule has 0 unspecified atom stereocenters. The molecule has 0 saturated heterocycles. The average molecular weight is 293 g/mol. The number of nitro groups is 1. The number of hydrogen-bond donors (Lipinski definition) is 2. The van der Waals surface area contributed by atoms with Crippen molar-refractivity contribution in [2.24, 2.45) is 0 Å². The van der Waals surface area contributed by atoms with Gasteiger partial charge in [-0.2, -0.15) is 0 Å². The van der Waals surface area contributed by atoms with Crippen LogP contribution in [-0.2, 0) is 6.54 Å². The normalized spacial score (nSPS) is 10.3. The van der Waals surface area contributed by atoms with Crippen molar-refractivity contribution < 1.29 is 10.0 Å². The first-order valence-electron chi connectivity index (χ1n) is 5.94. The first-order chi connectivity index (χ1) is 9.49. The number of halogens is 1. The van der Waals surface area contributed by atoms with Crippen LogP contribution in [0.4, 0.5) is 11.4 Å². The number of phenols is 1. The standard InChI is InChI=1S/C14H13ClN2O3/c1-9-7-10(17(19)20)5-6-13(9)16-8-11-12(15)3-2-4-14(11)18/h2-7,16,18H,8H2,1H3. The monoisotopic (exact) mass is 292 g/mol. The number of aryl methyl sites for hydroxylation is 1. The van der Waals surface area contributed by atoms with Crippen molar-refractivity contribution in [3.63, 3.8) is 0 Å². The van der Waals surface area contributed by atoms with Gasteiger partial charge in [-0.3, -0.25) is 10.1 Å². The van der Waals surface area contributed by atoms with Gasteiger partial charge in [0.25, 0.3) is 5.69 Å². The van der Waals surface area contributed by atoms with Gasteiger partial charge in [0.2, 0.25) is 0 Å². The molecule has 0 aliphatic rings. The van der Waals surface area contributed by atoms with E-state index in [4.69, 9.17) is 11.6 Å². The molecule has 0 aromatic heterocycles. The van der Waals surface area contributed by atoms with Crippen LogP contribution in [0.25, 0.3) is 0 Å². The lowest BCUT2D eigenvalue weighted by molar-refractivity contribution is -0.384. The van der Waals surface area contributed by atoms with Crippen LogP contribution in [0.15, 0.2) is 36.4 Å². The molecular weight excluding hydrogens is 280 g/mol. The first kappa shape index (κ1) is 14.1. The van der Waals surface area contributed by atoms with Gasteiger partial charge in [0, 0.05) is 35.0 Å². The average Bonchev–Trinajstić information content (AvgIpc) is 2.39. The van der Waals surface area contributed by atoms with Crippen molar-refractivity contribution in [3.8, 4) is 5.75 Å². The molecule has 0 aliphatic heterocycles. The Balaban J connectivity index is 2.17. The van der Waals surface area contributed by atoms with Gasteiger partial charge >= 0.3 is 0 Å². The smallest absolute Gasteiger partial charge is 0.269 e. The second-order valence-electron chi connectivity index (χ2n) is 4.35. The number of non-ortho nitro benzene ring substituents is 1. The van der Waals surface area contributed by atoms with Gasteiger partial charge in [-0.1, -0.05) is 17.7 Å². The van der Waals surface area contributed by atoms with Crippen LogP contribution in [-0.4, -0.2) is 10.0 Å². The third-order valence-corrected chi connectivity index (χ3v) is 3.32. The fourth-order valence-electron chi connectivity index (χ4n) is 1.87. The summed E-state index contributed by atoms with van der Waals surface area (Å²) < 4.78 is 0. The highest BCUT2D eigenvalue weighted by atomic mass is 35.5. The quantitative estimate of drug-likeness (QED) is 0.662. The number of nitrogens with zero attached hydrogens (tertiary/aromatic N) is 1. The SMILES string of the molecule is Cc1cc([N+](=O)[O-])ccc1NCc1c(O)cccc1Cl. The number of aromatic hydroxyl groups is 1. The molecular formula is C14H13ClN2O3. The fourth-order valence-corrected chi connectivity index (χ4v) is 2.10. The number of nitrogens with one attached hydrogen (secondary N) is 1. The van der Waals surface area contributed by atoms with Gasteiger partial charge < -0.3 is 10.4 Å². The van der Waals surface area contributed by atoms with E-state index >= 15 is 0 Å². The topological polar surface area (TPSA) is 75.4 Å². The summed E-state index contributed by atoms with van der Waals surface area (Å²) in [6.45, 7) is 2.12. The molecule has 0 fully saturated rings. The highest BCUT2D eigenvalue weighted by Crippen LogP contribution is 2.27. The van der Waals surface area contributed by atoms with Gasteiger partial charge in [0.05, 0.1) is 4.92 Å². The molecule has 5 nitrogen and oxygen atoms in total. The van der Waals surface area contributed by atoms with E-state index in [1.807, 2.05) is 0 Å². The zero-order valence-corrected chi connectivity index (χ0v) is 11.5. The molecule has 0 amide bonds. The van der Waals surface area contributed by atoms with Crippen LogP contribution in [0, 0.1) is 17.0 Å². The number of anilines is 1. The lowest BCUT2D eigenvalue weighted by atomic mass is 10.1. The van der Waals surface area contributed by atoms with Gasteiger partial charge in [-0.15, -0.1) is 0 Å². The Labute approximate surface area is 121 Å². The number of rotatable bonds is 4. The van der Waals surface area contributed by atoms with E-state index in [2.05, 4.69) is 5.32 Å². The van der Waals surface area contributed by atoms with Crippen molar-refractivity contribution >= 4 is 23.0 Å². The second kappa shape index (κ2) is 5.79. The minimum absolute atomic E-state index is 0.0497. The highest BCUT2D eigenvalue weighted by Gasteiger charge is 2.10. The van der Waals surface area contributed by atoms with Crippen molar-refractivity contribution in [1.29, 1.82) is 0 Å². The van der Waals surface area contributed by atoms with E-state index in [0.29, 0.717) is 17.1 Å². The molecule has 2 aromatic rings. The van der Waals surface area contributed by atoms with Gasteiger partial charge in [-0.25, -0.2) is 0 Å². The second-order valence-corrected chi connectivity index (χ2v) is 4.75. The van der Waals surface area contributed by atoms with Crippen LogP contribution in [0.1, 0.15) is 11.1 Å². The van der Waals surface area contributed by atoms with Crippen molar-refractivity contribution in [2.75, 3.05) is 5.32 Å². The zero-order valence-electron chi connectivity index (χ0n) is 10.8. The summed E-state index contributed by atoms with van der Waals surface area (Å²) in [6.07, 6.45) is 0. The molecule has 0 bridgehead atoms. The summed E-state index contributed by atoms with van der Waals surface area (Å²) in [6, 6.07) is 9.49. The van der Waals surface area contributed by atoms with Gasteiger partial charge in [0.15, 0.2) is 0 Å². The maximum atomic E-state index is 10.7. The molecule has 0 heterocycles.